The molecule has 0 aromatic heterocycles. The van der Waals surface area contributed by atoms with Crippen molar-refractivity contribution in [3.05, 3.63) is 65.2 Å². The molecule has 0 aliphatic carbocycles. The van der Waals surface area contributed by atoms with Crippen LogP contribution in [0.3, 0.4) is 0 Å². The van der Waals surface area contributed by atoms with Crippen molar-refractivity contribution in [3.8, 4) is 0 Å². The molecule has 0 atom stereocenters. The number of benzene rings is 2. The lowest BCUT2D eigenvalue weighted by Gasteiger charge is -2.09. The fraction of sp³-hybridized carbons (Fsp3) is 0.133. The number of carbonyl (C=O) groups is 1. The summed E-state index contributed by atoms with van der Waals surface area (Å²) in [6.45, 7) is 0.269. The average Bonchev–Trinajstić information content (AvgIpc) is 2.47. The van der Waals surface area contributed by atoms with Gasteiger partial charge in [-0.3, -0.25) is 0 Å². The first-order valence-corrected chi connectivity index (χ1v) is 5.97. The fourth-order valence-electron chi connectivity index (χ4n) is 1.75. The van der Waals surface area contributed by atoms with Crippen LogP contribution in [0.25, 0.3) is 0 Å². The van der Waals surface area contributed by atoms with E-state index in [1.54, 1.807) is 18.2 Å². The third-order valence-electron chi connectivity index (χ3n) is 2.79. The summed E-state index contributed by atoms with van der Waals surface area (Å²) in [7, 11) is 1.19. The highest BCUT2D eigenvalue weighted by Crippen LogP contribution is 2.16. The minimum atomic E-state index is -0.741. The number of hydrogen-bond acceptors (Lipinski definition) is 3. The van der Waals surface area contributed by atoms with Gasteiger partial charge >= 0.3 is 5.97 Å². The lowest BCUT2D eigenvalue weighted by Crippen LogP contribution is -2.07. The molecule has 0 aliphatic rings. The molecule has 0 fully saturated rings. The summed E-state index contributed by atoms with van der Waals surface area (Å²) in [5, 5.41) is 2.88. The van der Waals surface area contributed by atoms with Gasteiger partial charge in [0.15, 0.2) is 0 Å². The van der Waals surface area contributed by atoms with Crippen LogP contribution in [0.2, 0.25) is 0 Å². The van der Waals surface area contributed by atoms with Gasteiger partial charge in [0.25, 0.3) is 0 Å². The Morgan fingerprint density at radius 2 is 1.90 bits per heavy atom. The molecule has 0 heterocycles. The van der Waals surface area contributed by atoms with Gasteiger partial charge in [-0.25, -0.2) is 13.6 Å². The number of carbonyl (C=O) groups excluding carboxylic acids is 1. The van der Waals surface area contributed by atoms with Gasteiger partial charge in [0, 0.05) is 6.54 Å². The molecule has 0 saturated carbocycles. The van der Waals surface area contributed by atoms with E-state index in [-0.39, 0.29) is 17.9 Å². The van der Waals surface area contributed by atoms with Gasteiger partial charge in [-0.15, -0.1) is 0 Å². The second kappa shape index (κ2) is 6.14. The van der Waals surface area contributed by atoms with Crippen molar-refractivity contribution >= 4 is 11.7 Å². The Labute approximate surface area is 115 Å². The second-order valence-corrected chi connectivity index (χ2v) is 4.14. The molecule has 0 spiro atoms. The van der Waals surface area contributed by atoms with E-state index in [0.717, 1.165) is 0 Å². The Bertz CT molecular complexity index is 629. The summed E-state index contributed by atoms with van der Waals surface area (Å²) in [6, 6.07) is 10.3. The average molecular weight is 277 g/mol. The van der Waals surface area contributed by atoms with Crippen LogP contribution in [0.5, 0.6) is 0 Å². The number of para-hydroxylation sites is 1. The maximum absolute atomic E-state index is 13.5. The van der Waals surface area contributed by atoms with Crippen molar-refractivity contribution in [2.24, 2.45) is 0 Å². The molecule has 0 amide bonds. The van der Waals surface area contributed by atoms with E-state index in [1.165, 1.54) is 31.4 Å². The lowest BCUT2D eigenvalue weighted by molar-refractivity contribution is 0.0595. The molecule has 2 aromatic carbocycles. The molecular formula is C15H13F2NO2. The zero-order chi connectivity index (χ0) is 14.5. The molecule has 104 valence electrons. The first kappa shape index (κ1) is 14.0. The number of halogens is 2. The van der Waals surface area contributed by atoms with Gasteiger partial charge in [-0.2, -0.15) is 0 Å². The van der Waals surface area contributed by atoms with Gasteiger partial charge in [-0.05, 0) is 29.8 Å². The quantitative estimate of drug-likeness (QED) is 0.871. The number of esters is 1. The van der Waals surface area contributed by atoms with Crippen molar-refractivity contribution < 1.29 is 18.3 Å². The van der Waals surface area contributed by atoms with E-state index in [9.17, 15) is 13.6 Å². The number of anilines is 1. The molecule has 0 unspecified atom stereocenters. The van der Waals surface area contributed by atoms with Crippen molar-refractivity contribution in [3.63, 3.8) is 0 Å². The molecule has 0 aliphatic heterocycles. The molecule has 5 heteroatoms. The summed E-state index contributed by atoms with van der Waals surface area (Å²) in [6.07, 6.45) is 0. The summed E-state index contributed by atoms with van der Waals surface area (Å²) in [4.78, 5) is 11.4. The van der Waals surface area contributed by atoms with Crippen LogP contribution in [0.1, 0.15) is 15.9 Å². The predicted molar refractivity (Wildman–Crippen MR) is 71.5 cm³/mol. The number of nitrogens with one attached hydrogen (secondary N) is 1. The van der Waals surface area contributed by atoms with E-state index in [0.29, 0.717) is 11.3 Å². The first-order chi connectivity index (χ1) is 9.61. The van der Waals surface area contributed by atoms with Gasteiger partial charge in [0.2, 0.25) is 0 Å². The maximum Gasteiger partial charge on any atom is 0.340 e. The number of rotatable bonds is 4. The molecule has 20 heavy (non-hydrogen) atoms. The van der Waals surface area contributed by atoms with Crippen LogP contribution in [0, 0.1) is 11.6 Å². The number of ether oxygens (including phenoxy) is 1. The summed E-state index contributed by atoms with van der Waals surface area (Å²) < 4.78 is 31.4. The molecule has 0 bridgehead atoms. The zero-order valence-corrected chi connectivity index (χ0v) is 10.8. The summed E-state index contributed by atoms with van der Waals surface area (Å²) in [5.41, 5.74) is 0.854. The van der Waals surface area contributed by atoms with Crippen LogP contribution < -0.4 is 5.32 Å². The standard InChI is InChI=1S/C15H13F2NO2/c1-20-15(19)11-8-10(6-7-12(11)16)9-18-14-5-3-2-4-13(14)17/h2-8,18H,9H2,1H3. The third-order valence-corrected chi connectivity index (χ3v) is 2.79. The Morgan fingerprint density at radius 1 is 1.15 bits per heavy atom. The van der Waals surface area contributed by atoms with Gasteiger partial charge < -0.3 is 10.1 Å². The van der Waals surface area contributed by atoms with Gasteiger partial charge in [0.05, 0.1) is 18.4 Å². The van der Waals surface area contributed by atoms with E-state index < -0.39 is 11.8 Å². The summed E-state index contributed by atoms with van der Waals surface area (Å²) >= 11 is 0. The molecule has 3 nitrogen and oxygen atoms in total. The monoisotopic (exact) mass is 277 g/mol. The third kappa shape index (κ3) is 3.12. The highest BCUT2D eigenvalue weighted by atomic mass is 19.1. The lowest BCUT2D eigenvalue weighted by atomic mass is 10.1. The fourth-order valence-corrected chi connectivity index (χ4v) is 1.75. The van der Waals surface area contributed by atoms with Crippen LogP contribution in [0.15, 0.2) is 42.5 Å². The van der Waals surface area contributed by atoms with Crippen LogP contribution in [0.4, 0.5) is 14.5 Å². The van der Waals surface area contributed by atoms with Crippen molar-refractivity contribution in [2.75, 3.05) is 12.4 Å². The highest BCUT2D eigenvalue weighted by molar-refractivity contribution is 5.89. The van der Waals surface area contributed by atoms with Crippen molar-refractivity contribution in [2.45, 2.75) is 6.54 Å². The molecule has 2 aromatic rings. The van der Waals surface area contributed by atoms with Crippen LogP contribution >= 0.6 is 0 Å². The SMILES string of the molecule is COC(=O)c1cc(CNc2ccccc2F)ccc1F. The topological polar surface area (TPSA) is 38.3 Å². The van der Waals surface area contributed by atoms with Crippen LogP contribution in [-0.2, 0) is 11.3 Å². The maximum atomic E-state index is 13.5. The normalized spacial score (nSPS) is 10.2. The van der Waals surface area contributed by atoms with Gasteiger partial charge in [0.1, 0.15) is 11.6 Å². The van der Waals surface area contributed by atoms with Gasteiger partial charge in [-0.1, -0.05) is 18.2 Å². The Hall–Kier alpha value is -2.43. The molecular weight excluding hydrogens is 264 g/mol. The number of hydrogen-bond donors (Lipinski definition) is 1. The Balaban J connectivity index is 2.14. The van der Waals surface area contributed by atoms with E-state index >= 15 is 0 Å². The highest BCUT2D eigenvalue weighted by Gasteiger charge is 2.12. The molecule has 0 radical (unpaired) electrons. The summed E-state index contributed by atoms with van der Waals surface area (Å²) in [5.74, 6) is -1.76. The Kier molecular flexibility index (Phi) is 4.30. The van der Waals surface area contributed by atoms with Crippen LogP contribution in [-0.4, -0.2) is 13.1 Å². The number of methoxy groups -OCH3 is 1. The molecule has 1 N–H and O–H groups in total. The molecule has 0 saturated heterocycles. The Morgan fingerprint density at radius 3 is 2.60 bits per heavy atom. The predicted octanol–water partition coefficient (Wildman–Crippen LogP) is 3.36. The first-order valence-electron chi connectivity index (χ1n) is 5.97. The smallest absolute Gasteiger partial charge is 0.340 e. The molecule has 2 rings (SSSR count). The minimum Gasteiger partial charge on any atom is -0.465 e. The minimum absolute atomic E-state index is 0.139. The van der Waals surface area contributed by atoms with Crippen molar-refractivity contribution in [1.82, 2.24) is 0 Å². The van der Waals surface area contributed by atoms with E-state index in [4.69, 9.17) is 0 Å². The van der Waals surface area contributed by atoms with E-state index in [1.807, 2.05) is 0 Å². The second-order valence-electron chi connectivity index (χ2n) is 4.14. The zero-order valence-electron chi connectivity index (χ0n) is 10.8. The van der Waals surface area contributed by atoms with E-state index in [2.05, 4.69) is 10.1 Å². The largest absolute Gasteiger partial charge is 0.465 e. The van der Waals surface area contributed by atoms with Crippen molar-refractivity contribution in [1.29, 1.82) is 0 Å².